The van der Waals surface area contributed by atoms with Gasteiger partial charge < -0.3 is 14.2 Å². The largest absolute Gasteiger partial charge is 0.468 e. The molecule has 2 aromatic heterocycles. The van der Waals surface area contributed by atoms with E-state index in [0.29, 0.717) is 6.54 Å². The summed E-state index contributed by atoms with van der Waals surface area (Å²) in [5.74, 6) is 0.195. The maximum atomic E-state index is 12.2. The average molecular weight is 367 g/mol. The molecule has 1 aliphatic carbocycles. The van der Waals surface area contributed by atoms with E-state index in [0.717, 1.165) is 18.6 Å². The van der Waals surface area contributed by atoms with Crippen LogP contribution < -0.4 is 10.0 Å². The normalized spacial score (nSPS) is 16.1. The number of carbonyl (C=O) groups excluding carboxylic acids is 1. The Hall–Kier alpha value is -2.10. The minimum atomic E-state index is -3.71. The van der Waals surface area contributed by atoms with E-state index in [4.69, 9.17) is 8.83 Å². The Balaban J connectivity index is 1.63. The summed E-state index contributed by atoms with van der Waals surface area (Å²) in [6.45, 7) is 0.294. The highest BCUT2D eigenvalue weighted by Gasteiger charge is 2.30. The third-order valence-corrected chi connectivity index (χ3v) is 5.31. The first kappa shape index (κ1) is 17.7. The van der Waals surface area contributed by atoms with E-state index in [1.54, 1.807) is 12.3 Å². The molecular weight excluding hydrogens is 346 g/mol. The quantitative estimate of drug-likeness (QED) is 0.730. The number of carbonyl (C=O) groups is 1. The lowest BCUT2D eigenvalue weighted by Gasteiger charge is -2.22. The molecule has 3 rings (SSSR count). The van der Waals surface area contributed by atoms with Gasteiger partial charge in [-0.3, -0.25) is 9.69 Å². The summed E-state index contributed by atoms with van der Waals surface area (Å²) in [7, 11) is 0.0411. The molecule has 1 fully saturated rings. The minimum Gasteiger partial charge on any atom is -0.468 e. The SMILES string of the molecule is CN(C)C(CNC(=O)c1ccc(S(=O)(=O)NC2CC2)o1)c1ccco1. The second-order valence-corrected chi connectivity index (χ2v) is 7.86. The van der Waals surface area contributed by atoms with Crippen molar-refractivity contribution in [2.45, 2.75) is 30.0 Å². The van der Waals surface area contributed by atoms with Crippen LogP contribution in [0.5, 0.6) is 0 Å². The zero-order valence-corrected chi connectivity index (χ0v) is 14.9. The first-order valence-electron chi connectivity index (χ1n) is 7.97. The summed E-state index contributed by atoms with van der Waals surface area (Å²) >= 11 is 0. The Morgan fingerprint density at radius 3 is 2.68 bits per heavy atom. The van der Waals surface area contributed by atoms with Gasteiger partial charge in [-0.2, -0.15) is 0 Å². The molecule has 2 aromatic rings. The molecule has 0 saturated heterocycles. The van der Waals surface area contributed by atoms with Gasteiger partial charge in [0.1, 0.15) is 5.76 Å². The molecule has 1 amide bonds. The number of hydrogen-bond acceptors (Lipinski definition) is 6. The summed E-state index contributed by atoms with van der Waals surface area (Å²) in [5, 5.41) is 2.49. The van der Waals surface area contributed by atoms with Crippen molar-refractivity contribution in [1.82, 2.24) is 14.9 Å². The van der Waals surface area contributed by atoms with Crippen molar-refractivity contribution in [3.8, 4) is 0 Å². The van der Waals surface area contributed by atoms with Crippen molar-refractivity contribution < 1.29 is 22.0 Å². The van der Waals surface area contributed by atoms with Gasteiger partial charge in [-0.15, -0.1) is 0 Å². The summed E-state index contributed by atoms with van der Waals surface area (Å²) in [4.78, 5) is 14.2. The lowest BCUT2D eigenvalue weighted by molar-refractivity contribution is 0.0906. The summed E-state index contributed by atoms with van der Waals surface area (Å²) < 4.78 is 37.3. The standard InChI is InChI=1S/C16H21N3O5S/c1-19(2)12(13-4-3-9-23-13)10-17-16(20)14-7-8-15(24-14)25(21,22)18-11-5-6-11/h3-4,7-9,11-12,18H,5-6,10H2,1-2H3,(H,17,20). The molecule has 25 heavy (non-hydrogen) atoms. The van der Waals surface area contributed by atoms with E-state index < -0.39 is 15.9 Å². The third-order valence-electron chi connectivity index (χ3n) is 3.92. The van der Waals surface area contributed by atoms with Crippen molar-refractivity contribution in [3.05, 3.63) is 42.0 Å². The van der Waals surface area contributed by atoms with Gasteiger partial charge in [-0.1, -0.05) is 0 Å². The van der Waals surface area contributed by atoms with Crippen LogP contribution in [0.2, 0.25) is 0 Å². The molecule has 0 aromatic carbocycles. The number of rotatable bonds is 8. The highest BCUT2D eigenvalue weighted by Crippen LogP contribution is 2.23. The van der Waals surface area contributed by atoms with Crippen molar-refractivity contribution in [2.24, 2.45) is 0 Å². The van der Waals surface area contributed by atoms with Crippen LogP contribution in [-0.4, -0.2) is 45.9 Å². The van der Waals surface area contributed by atoms with E-state index in [1.165, 1.54) is 12.1 Å². The molecule has 0 bridgehead atoms. The summed E-state index contributed by atoms with van der Waals surface area (Å²) in [6.07, 6.45) is 3.22. The predicted octanol–water partition coefficient (Wildman–Crippen LogP) is 1.35. The third kappa shape index (κ3) is 4.30. The zero-order chi connectivity index (χ0) is 18.0. The van der Waals surface area contributed by atoms with E-state index in [-0.39, 0.29) is 22.9 Å². The Bertz CT molecular complexity index is 822. The first-order valence-corrected chi connectivity index (χ1v) is 9.45. The van der Waals surface area contributed by atoms with Gasteiger partial charge in [0, 0.05) is 12.6 Å². The Morgan fingerprint density at radius 2 is 2.08 bits per heavy atom. The number of furan rings is 2. The smallest absolute Gasteiger partial charge is 0.287 e. The van der Waals surface area contributed by atoms with Gasteiger partial charge in [-0.05, 0) is 51.2 Å². The number of nitrogens with zero attached hydrogens (tertiary/aromatic N) is 1. The number of sulfonamides is 1. The molecule has 2 heterocycles. The molecule has 1 saturated carbocycles. The van der Waals surface area contributed by atoms with Crippen LogP contribution in [-0.2, 0) is 10.0 Å². The van der Waals surface area contributed by atoms with Crippen molar-refractivity contribution in [2.75, 3.05) is 20.6 Å². The maximum absolute atomic E-state index is 12.2. The Kier molecular flexibility index (Phi) is 4.98. The molecule has 0 radical (unpaired) electrons. The fourth-order valence-corrected chi connectivity index (χ4v) is 3.60. The maximum Gasteiger partial charge on any atom is 0.287 e. The Labute approximate surface area is 146 Å². The van der Waals surface area contributed by atoms with Gasteiger partial charge in [0.2, 0.25) is 5.09 Å². The van der Waals surface area contributed by atoms with Crippen molar-refractivity contribution >= 4 is 15.9 Å². The molecule has 9 heteroatoms. The number of hydrogen-bond donors (Lipinski definition) is 2. The van der Waals surface area contributed by atoms with Gasteiger partial charge in [0.15, 0.2) is 5.76 Å². The molecule has 0 spiro atoms. The van der Waals surface area contributed by atoms with Gasteiger partial charge >= 0.3 is 0 Å². The summed E-state index contributed by atoms with van der Waals surface area (Å²) in [5.41, 5.74) is 0. The highest BCUT2D eigenvalue weighted by atomic mass is 32.2. The van der Waals surface area contributed by atoms with Crippen LogP contribution in [0.1, 0.15) is 35.2 Å². The molecule has 0 aliphatic heterocycles. The molecule has 1 aliphatic rings. The molecule has 1 unspecified atom stereocenters. The Morgan fingerprint density at radius 1 is 1.32 bits per heavy atom. The number of nitrogens with one attached hydrogen (secondary N) is 2. The van der Waals surface area contributed by atoms with E-state index in [2.05, 4.69) is 10.0 Å². The summed E-state index contributed by atoms with van der Waals surface area (Å²) in [6, 6.07) is 6.08. The second-order valence-electron chi connectivity index (χ2n) is 6.22. The fourth-order valence-electron chi connectivity index (χ4n) is 2.36. The molecular formula is C16H21N3O5S. The van der Waals surface area contributed by atoms with Crippen molar-refractivity contribution in [3.63, 3.8) is 0 Å². The average Bonchev–Trinajstić information content (AvgIpc) is 3.05. The lowest BCUT2D eigenvalue weighted by atomic mass is 10.2. The van der Waals surface area contributed by atoms with Crippen molar-refractivity contribution in [1.29, 1.82) is 0 Å². The van der Waals surface area contributed by atoms with Crippen LogP contribution >= 0.6 is 0 Å². The van der Waals surface area contributed by atoms with Gasteiger partial charge in [-0.25, -0.2) is 13.1 Å². The van der Waals surface area contributed by atoms with Crippen LogP contribution in [0.3, 0.4) is 0 Å². The van der Waals surface area contributed by atoms with E-state index >= 15 is 0 Å². The topological polar surface area (TPSA) is 105 Å². The minimum absolute atomic E-state index is 0.0264. The lowest BCUT2D eigenvalue weighted by Crippen LogP contribution is -2.34. The number of amides is 1. The van der Waals surface area contributed by atoms with Crippen LogP contribution in [0.15, 0.2) is 44.5 Å². The molecule has 136 valence electrons. The van der Waals surface area contributed by atoms with Crippen LogP contribution in [0.4, 0.5) is 0 Å². The predicted molar refractivity (Wildman–Crippen MR) is 89.5 cm³/mol. The number of likely N-dealkylation sites (N-methyl/N-ethyl adjacent to an activating group) is 1. The second kappa shape index (κ2) is 7.03. The molecule has 8 nitrogen and oxygen atoms in total. The zero-order valence-electron chi connectivity index (χ0n) is 14.1. The van der Waals surface area contributed by atoms with Crippen LogP contribution in [0, 0.1) is 0 Å². The monoisotopic (exact) mass is 367 g/mol. The van der Waals surface area contributed by atoms with Gasteiger partial charge in [0.05, 0.1) is 12.3 Å². The van der Waals surface area contributed by atoms with Crippen LogP contribution in [0.25, 0.3) is 0 Å². The van der Waals surface area contributed by atoms with E-state index in [9.17, 15) is 13.2 Å². The van der Waals surface area contributed by atoms with E-state index in [1.807, 2.05) is 25.1 Å². The highest BCUT2D eigenvalue weighted by molar-refractivity contribution is 7.89. The molecule has 1 atom stereocenters. The fraction of sp³-hybridized carbons (Fsp3) is 0.438. The van der Waals surface area contributed by atoms with Gasteiger partial charge in [0.25, 0.3) is 15.9 Å². The molecule has 2 N–H and O–H groups in total. The first-order chi connectivity index (χ1) is 11.9.